The van der Waals surface area contributed by atoms with Gasteiger partial charge in [-0.2, -0.15) is 5.26 Å². The minimum Gasteiger partial charge on any atom is -0.392 e. The van der Waals surface area contributed by atoms with Crippen LogP contribution in [-0.2, 0) is 0 Å². The number of aryl methyl sites for hydroxylation is 1. The molecule has 6 nitrogen and oxygen atoms in total. The van der Waals surface area contributed by atoms with Crippen molar-refractivity contribution < 1.29 is 9.90 Å². The summed E-state index contributed by atoms with van der Waals surface area (Å²) in [6.45, 7) is 3.41. The van der Waals surface area contributed by atoms with Gasteiger partial charge in [-0.3, -0.25) is 9.69 Å². The highest BCUT2D eigenvalue weighted by atomic mass is 16.3. The number of aromatic nitrogens is 1. The Bertz CT molecular complexity index is 604. The summed E-state index contributed by atoms with van der Waals surface area (Å²) < 4.78 is 0. The van der Waals surface area contributed by atoms with E-state index in [1.165, 1.54) is 0 Å². The molecule has 0 bridgehead atoms. The lowest BCUT2D eigenvalue weighted by Crippen LogP contribution is -2.48. The number of carbonyl (C=O) groups is 1. The van der Waals surface area contributed by atoms with Crippen molar-refractivity contribution in [2.24, 2.45) is 0 Å². The number of carbonyl (C=O) groups excluding carboxylic acids is 1. The second-order valence-electron chi connectivity index (χ2n) is 6.35. The summed E-state index contributed by atoms with van der Waals surface area (Å²) >= 11 is 0. The van der Waals surface area contributed by atoms with E-state index in [1.807, 2.05) is 6.07 Å². The van der Waals surface area contributed by atoms with Crippen LogP contribution in [0, 0.1) is 18.3 Å². The average Bonchev–Trinajstić information content (AvgIpc) is 3.18. The summed E-state index contributed by atoms with van der Waals surface area (Å²) in [6, 6.07) is 4.07. The number of hydrogen-bond donors (Lipinski definition) is 3. The summed E-state index contributed by atoms with van der Waals surface area (Å²) in [6.07, 6.45) is 3.71. The highest BCUT2D eigenvalue weighted by Gasteiger charge is 2.36. The predicted octanol–water partition coefficient (Wildman–Crippen LogP) is 0.912. The van der Waals surface area contributed by atoms with E-state index in [0.717, 1.165) is 37.9 Å². The van der Waals surface area contributed by atoms with Crippen molar-refractivity contribution in [3.8, 4) is 6.07 Å². The number of aromatic amines is 1. The van der Waals surface area contributed by atoms with Gasteiger partial charge in [0.1, 0.15) is 11.8 Å². The minimum atomic E-state index is -0.234. The summed E-state index contributed by atoms with van der Waals surface area (Å²) in [5.41, 5.74) is 1.68. The highest BCUT2D eigenvalue weighted by molar-refractivity contribution is 5.96. The molecule has 1 aliphatic carbocycles. The Morgan fingerprint density at radius 3 is 2.95 bits per heavy atom. The number of hydrogen-bond acceptors (Lipinski definition) is 4. The maximum absolute atomic E-state index is 12.5. The van der Waals surface area contributed by atoms with E-state index >= 15 is 0 Å². The van der Waals surface area contributed by atoms with Crippen molar-refractivity contribution in [1.82, 2.24) is 15.2 Å². The van der Waals surface area contributed by atoms with E-state index in [1.54, 1.807) is 13.0 Å². The third-order valence-electron chi connectivity index (χ3n) is 4.84. The van der Waals surface area contributed by atoms with E-state index in [4.69, 9.17) is 5.26 Å². The molecule has 118 valence electrons. The molecule has 1 unspecified atom stereocenters. The number of β-amino-alcohol motifs (C(OH)–C–C–N with tert-alkyl or cyclic N) is 1. The van der Waals surface area contributed by atoms with E-state index < -0.39 is 0 Å². The fourth-order valence-corrected chi connectivity index (χ4v) is 3.72. The first-order valence-electron chi connectivity index (χ1n) is 7.91. The average molecular weight is 302 g/mol. The summed E-state index contributed by atoms with van der Waals surface area (Å²) in [5, 5.41) is 21.7. The van der Waals surface area contributed by atoms with Gasteiger partial charge in [0.25, 0.3) is 5.91 Å². The third-order valence-corrected chi connectivity index (χ3v) is 4.84. The van der Waals surface area contributed by atoms with Gasteiger partial charge in [-0.15, -0.1) is 0 Å². The van der Waals surface area contributed by atoms with Gasteiger partial charge in [-0.25, -0.2) is 0 Å². The fraction of sp³-hybridized carbons (Fsp3) is 0.625. The lowest BCUT2D eigenvalue weighted by Gasteiger charge is -2.29. The van der Waals surface area contributed by atoms with Crippen molar-refractivity contribution in [3.63, 3.8) is 0 Å². The lowest BCUT2D eigenvalue weighted by molar-refractivity contribution is 0.0905. The Kier molecular flexibility index (Phi) is 4.19. The molecule has 22 heavy (non-hydrogen) atoms. The topological polar surface area (TPSA) is 92.1 Å². The number of amides is 1. The van der Waals surface area contributed by atoms with E-state index in [0.29, 0.717) is 23.8 Å². The molecule has 6 heteroatoms. The summed E-state index contributed by atoms with van der Waals surface area (Å²) in [5.74, 6) is -0.119. The van der Waals surface area contributed by atoms with Gasteiger partial charge >= 0.3 is 0 Å². The van der Waals surface area contributed by atoms with Crippen LogP contribution in [0.15, 0.2) is 6.07 Å². The molecule has 1 aliphatic heterocycles. The zero-order valence-electron chi connectivity index (χ0n) is 12.8. The Morgan fingerprint density at radius 1 is 1.50 bits per heavy atom. The Morgan fingerprint density at radius 2 is 2.32 bits per heavy atom. The second kappa shape index (κ2) is 6.11. The standard InChI is InChI=1S/C16H22N4O2/c1-10-13(7-11(8-17)18-10)16(22)19-14-3-2-4-15(14)20-6-5-12(21)9-20/h7,12,14-15,18,21H,2-6,9H2,1H3,(H,19,22)/t12?,14-,15+/m1/s1. The molecule has 3 atom stereocenters. The van der Waals surface area contributed by atoms with Crippen molar-refractivity contribution in [1.29, 1.82) is 5.26 Å². The fourth-order valence-electron chi connectivity index (χ4n) is 3.72. The Labute approximate surface area is 130 Å². The van der Waals surface area contributed by atoms with Crippen LogP contribution < -0.4 is 5.32 Å². The first-order valence-corrected chi connectivity index (χ1v) is 7.91. The summed E-state index contributed by atoms with van der Waals surface area (Å²) in [4.78, 5) is 17.7. The third kappa shape index (κ3) is 2.87. The van der Waals surface area contributed by atoms with Gasteiger partial charge < -0.3 is 15.4 Å². The van der Waals surface area contributed by atoms with Crippen LogP contribution in [0.3, 0.4) is 0 Å². The number of aliphatic hydroxyl groups excluding tert-OH is 1. The number of nitriles is 1. The van der Waals surface area contributed by atoms with Gasteiger partial charge in [0.2, 0.25) is 0 Å². The van der Waals surface area contributed by atoms with Crippen LogP contribution >= 0.6 is 0 Å². The second-order valence-corrected chi connectivity index (χ2v) is 6.35. The molecule has 1 aromatic heterocycles. The molecule has 1 amide bonds. The number of nitrogens with one attached hydrogen (secondary N) is 2. The Balaban J connectivity index is 1.67. The molecule has 1 aromatic rings. The van der Waals surface area contributed by atoms with E-state index in [2.05, 4.69) is 15.2 Å². The number of nitrogens with zero attached hydrogens (tertiary/aromatic N) is 2. The van der Waals surface area contributed by atoms with Crippen LogP contribution in [0.1, 0.15) is 47.4 Å². The number of H-pyrrole nitrogens is 1. The first kappa shape index (κ1) is 15.1. The largest absolute Gasteiger partial charge is 0.392 e. The minimum absolute atomic E-state index is 0.119. The van der Waals surface area contributed by atoms with Crippen LogP contribution in [-0.4, -0.2) is 52.2 Å². The molecular weight excluding hydrogens is 280 g/mol. The zero-order chi connectivity index (χ0) is 15.7. The quantitative estimate of drug-likeness (QED) is 0.774. The molecule has 1 saturated heterocycles. The molecule has 3 rings (SSSR count). The molecule has 0 spiro atoms. The zero-order valence-corrected chi connectivity index (χ0v) is 12.8. The van der Waals surface area contributed by atoms with E-state index in [9.17, 15) is 9.90 Å². The molecule has 2 fully saturated rings. The number of likely N-dealkylation sites (tertiary alicyclic amines) is 1. The molecular formula is C16H22N4O2. The molecule has 1 saturated carbocycles. The molecule has 3 N–H and O–H groups in total. The van der Waals surface area contributed by atoms with Crippen molar-refractivity contribution >= 4 is 5.91 Å². The van der Waals surface area contributed by atoms with Gasteiger partial charge in [-0.05, 0) is 38.7 Å². The smallest absolute Gasteiger partial charge is 0.253 e. The molecule has 2 heterocycles. The SMILES string of the molecule is Cc1[nH]c(C#N)cc1C(=O)N[C@@H]1CCC[C@@H]1N1CCC(O)C1. The van der Waals surface area contributed by atoms with Crippen LogP contribution in [0.2, 0.25) is 0 Å². The van der Waals surface area contributed by atoms with Crippen LogP contribution in [0.5, 0.6) is 0 Å². The van der Waals surface area contributed by atoms with Crippen molar-refractivity contribution in [2.75, 3.05) is 13.1 Å². The van der Waals surface area contributed by atoms with Crippen molar-refractivity contribution in [2.45, 2.75) is 50.8 Å². The van der Waals surface area contributed by atoms with Gasteiger partial charge in [-0.1, -0.05) is 0 Å². The highest BCUT2D eigenvalue weighted by Crippen LogP contribution is 2.27. The van der Waals surface area contributed by atoms with Gasteiger partial charge in [0, 0.05) is 30.9 Å². The molecule has 2 aliphatic rings. The molecule has 0 radical (unpaired) electrons. The monoisotopic (exact) mass is 302 g/mol. The van der Waals surface area contributed by atoms with Crippen LogP contribution in [0.25, 0.3) is 0 Å². The predicted molar refractivity (Wildman–Crippen MR) is 81.3 cm³/mol. The lowest BCUT2D eigenvalue weighted by atomic mass is 10.1. The Hall–Kier alpha value is -1.84. The van der Waals surface area contributed by atoms with Gasteiger partial charge in [0.15, 0.2) is 0 Å². The normalized spacial score (nSPS) is 28.7. The number of rotatable bonds is 3. The van der Waals surface area contributed by atoms with Crippen LogP contribution in [0.4, 0.5) is 0 Å². The van der Waals surface area contributed by atoms with Gasteiger partial charge in [0.05, 0.1) is 11.7 Å². The van der Waals surface area contributed by atoms with E-state index in [-0.39, 0.29) is 18.1 Å². The first-order chi connectivity index (χ1) is 10.6. The molecule has 0 aromatic carbocycles. The van der Waals surface area contributed by atoms with Crippen molar-refractivity contribution in [3.05, 3.63) is 23.0 Å². The summed E-state index contributed by atoms with van der Waals surface area (Å²) in [7, 11) is 0. The maximum Gasteiger partial charge on any atom is 0.253 e. The maximum atomic E-state index is 12.5. The number of aliphatic hydroxyl groups is 1.